The maximum atomic E-state index is 12.4. The van der Waals surface area contributed by atoms with Crippen LogP contribution in [0.2, 0.25) is 0 Å². The van der Waals surface area contributed by atoms with Gasteiger partial charge in [0.2, 0.25) is 11.8 Å². The van der Waals surface area contributed by atoms with Gasteiger partial charge in [0.15, 0.2) is 0 Å². The summed E-state index contributed by atoms with van der Waals surface area (Å²) in [6.45, 7) is 8.01. The molecule has 3 amide bonds. The zero-order valence-corrected chi connectivity index (χ0v) is 20.3. The van der Waals surface area contributed by atoms with Gasteiger partial charge in [0.05, 0.1) is 18.6 Å². The molecule has 0 spiro atoms. The Morgan fingerprint density at radius 2 is 1.79 bits per heavy atom. The Bertz CT molecular complexity index is 1040. The van der Waals surface area contributed by atoms with Gasteiger partial charge in [0, 0.05) is 31.7 Å². The number of amides is 3. The number of anilines is 1. The molecule has 0 unspecified atom stereocenters. The van der Waals surface area contributed by atoms with E-state index in [1.807, 2.05) is 49.4 Å². The smallest absolute Gasteiger partial charge is 0.407 e. The molecule has 3 rings (SSSR count). The van der Waals surface area contributed by atoms with E-state index in [4.69, 9.17) is 10.5 Å². The molecule has 4 N–H and O–H groups in total. The summed E-state index contributed by atoms with van der Waals surface area (Å²) in [5.41, 5.74) is 9.93. The van der Waals surface area contributed by atoms with Gasteiger partial charge in [-0.05, 0) is 61.6 Å². The molecule has 1 heterocycles. The third-order valence-corrected chi connectivity index (χ3v) is 5.77. The van der Waals surface area contributed by atoms with Gasteiger partial charge in [-0.3, -0.25) is 9.59 Å². The van der Waals surface area contributed by atoms with E-state index >= 15 is 0 Å². The Morgan fingerprint density at radius 1 is 1.12 bits per heavy atom. The molecule has 0 saturated heterocycles. The number of nitrogens with two attached hydrogens (primary N) is 1. The first-order chi connectivity index (χ1) is 16.2. The van der Waals surface area contributed by atoms with Crippen molar-refractivity contribution < 1.29 is 19.1 Å². The largest absolute Gasteiger partial charge is 0.447 e. The number of hydrogen-bond donors (Lipinski definition) is 3. The summed E-state index contributed by atoms with van der Waals surface area (Å²) in [6, 6.07) is 13.4. The number of ether oxygens (including phenoxy) is 1. The van der Waals surface area contributed by atoms with Crippen molar-refractivity contribution in [2.24, 2.45) is 5.73 Å². The first kappa shape index (κ1) is 25.2. The highest BCUT2D eigenvalue weighted by molar-refractivity contribution is 5.94. The van der Waals surface area contributed by atoms with Gasteiger partial charge in [-0.25, -0.2) is 4.79 Å². The third-order valence-electron chi connectivity index (χ3n) is 5.77. The average molecular weight is 467 g/mol. The molecule has 8 nitrogen and oxygen atoms in total. The van der Waals surface area contributed by atoms with Crippen molar-refractivity contribution in [1.29, 1.82) is 0 Å². The van der Waals surface area contributed by atoms with Crippen molar-refractivity contribution in [2.45, 2.75) is 58.7 Å². The summed E-state index contributed by atoms with van der Waals surface area (Å²) in [5.74, 6) is -0.102. The van der Waals surface area contributed by atoms with Gasteiger partial charge in [-0.2, -0.15) is 0 Å². The second kappa shape index (κ2) is 11.2. The van der Waals surface area contributed by atoms with E-state index < -0.39 is 6.09 Å². The number of carbonyl (C=O) groups excluding carboxylic acids is 3. The molecule has 2 aromatic carbocycles. The van der Waals surface area contributed by atoms with E-state index in [0.717, 1.165) is 27.9 Å². The molecule has 34 heavy (non-hydrogen) atoms. The van der Waals surface area contributed by atoms with Gasteiger partial charge in [0.25, 0.3) is 0 Å². The number of carbonyl (C=O) groups is 3. The number of hydrogen-bond acceptors (Lipinski definition) is 5. The van der Waals surface area contributed by atoms with Crippen LogP contribution in [0.4, 0.5) is 10.5 Å². The number of alkyl carbamates (subject to hydrolysis) is 1. The van der Waals surface area contributed by atoms with E-state index in [1.54, 1.807) is 25.7 Å². The summed E-state index contributed by atoms with van der Waals surface area (Å²) < 4.78 is 5.29. The minimum atomic E-state index is -0.475. The topological polar surface area (TPSA) is 114 Å². The second-order valence-electron chi connectivity index (χ2n) is 8.91. The number of nitrogens with one attached hydrogen (secondary N) is 2. The predicted molar refractivity (Wildman–Crippen MR) is 132 cm³/mol. The predicted octanol–water partition coefficient (Wildman–Crippen LogP) is 3.29. The van der Waals surface area contributed by atoms with E-state index in [1.165, 1.54) is 0 Å². The van der Waals surface area contributed by atoms with E-state index in [2.05, 4.69) is 10.6 Å². The van der Waals surface area contributed by atoms with E-state index in [0.29, 0.717) is 25.9 Å². The van der Waals surface area contributed by atoms with Crippen LogP contribution in [0.25, 0.3) is 11.1 Å². The molecule has 0 aromatic heterocycles. The van der Waals surface area contributed by atoms with Gasteiger partial charge in [-0.1, -0.05) is 30.3 Å². The van der Waals surface area contributed by atoms with Gasteiger partial charge in [-0.15, -0.1) is 0 Å². The summed E-state index contributed by atoms with van der Waals surface area (Å²) >= 11 is 0. The highest BCUT2D eigenvalue weighted by atomic mass is 16.6. The quantitative estimate of drug-likeness (QED) is 0.579. The Balaban J connectivity index is 1.88. The summed E-state index contributed by atoms with van der Waals surface area (Å²) in [5, 5.41) is 5.74. The van der Waals surface area contributed by atoms with Crippen molar-refractivity contribution in [3.8, 4) is 11.1 Å². The number of fused-ring (bicyclic) bond motifs is 1. The van der Waals surface area contributed by atoms with Crippen molar-refractivity contribution >= 4 is 23.6 Å². The maximum Gasteiger partial charge on any atom is 0.407 e. The van der Waals surface area contributed by atoms with Crippen molar-refractivity contribution in [2.75, 3.05) is 18.0 Å². The average Bonchev–Trinajstić information content (AvgIpc) is 2.77. The molecule has 182 valence electrons. The minimum Gasteiger partial charge on any atom is -0.447 e. The van der Waals surface area contributed by atoms with Gasteiger partial charge in [0.1, 0.15) is 0 Å². The third kappa shape index (κ3) is 6.14. The van der Waals surface area contributed by atoms with Crippen molar-refractivity contribution in [3.63, 3.8) is 0 Å². The monoisotopic (exact) mass is 466 g/mol. The standard InChI is InChI=1S/C26H34N4O4/c1-16(2)34-26(33)29-23-13-17(3)30(18(4)31)24-10-9-21(15-22(23)24)20-7-5-19(6-8-20)14-25(32)28-12-11-27/h5-10,15-17,23H,11-14,27H2,1-4H3,(H,28,32)(H,29,33)/t17-,23+/m0/s1. The second-order valence-corrected chi connectivity index (χ2v) is 8.91. The molecule has 0 bridgehead atoms. The van der Waals surface area contributed by atoms with Crippen LogP contribution in [-0.2, 0) is 20.7 Å². The summed E-state index contributed by atoms with van der Waals surface area (Å²) in [4.78, 5) is 38.4. The Hall–Kier alpha value is -3.39. The molecule has 1 aliphatic heterocycles. The first-order valence-corrected chi connectivity index (χ1v) is 11.7. The van der Waals surface area contributed by atoms with Crippen LogP contribution in [-0.4, -0.2) is 43.1 Å². The van der Waals surface area contributed by atoms with Crippen LogP contribution in [0, 0.1) is 0 Å². The first-order valence-electron chi connectivity index (χ1n) is 11.7. The maximum absolute atomic E-state index is 12.4. The molecule has 0 fully saturated rings. The highest BCUT2D eigenvalue weighted by Gasteiger charge is 2.33. The Morgan fingerprint density at radius 3 is 2.41 bits per heavy atom. The zero-order chi connectivity index (χ0) is 24.8. The lowest BCUT2D eigenvalue weighted by atomic mass is 9.89. The van der Waals surface area contributed by atoms with Crippen LogP contribution >= 0.6 is 0 Å². The Labute approximate surface area is 200 Å². The fourth-order valence-electron chi connectivity index (χ4n) is 4.33. The fraction of sp³-hybridized carbons (Fsp3) is 0.423. The van der Waals surface area contributed by atoms with Gasteiger partial charge >= 0.3 is 6.09 Å². The van der Waals surface area contributed by atoms with Crippen LogP contribution in [0.1, 0.15) is 51.3 Å². The van der Waals surface area contributed by atoms with Crippen LogP contribution in [0.15, 0.2) is 42.5 Å². The van der Waals surface area contributed by atoms with Gasteiger partial charge < -0.3 is 26.0 Å². The van der Waals surface area contributed by atoms with Crippen molar-refractivity contribution in [1.82, 2.24) is 10.6 Å². The lowest BCUT2D eigenvalue weighted by molar-refractivity contribution is -0.120. The summed E-state index contributed by atoms with van der Waals surface area (Å²) in [6.07, 6.45) is 0.175. The molecule has 1 aliphatic rings. The fourth-order valence-corrected chi connectivity index (χ4v) is 4.33. The SMILES string of the molecule is CC(=O)N1c2ccc(-c3ccc(CC(=O)NCCN)cc3)cc2[C@H](NC(=O)OC(C)C)C[C@@H]1C. The molecule has 0 saturated carbocycles. The zero-order valence-electron chi connectivity index (χ0n) is 20.3. The van der Waals surface area contributed by atoms with Crippen LogP contribution < -0.4 is 21.3 Å². The minimum absolute atomic E-state index is 0.0398. The Kier molecular flexibility index (Phi) is 8.28. The van der Waals surface area contributed by atoms with Crippen molar-refractivity contribution in [3.05, 3.63) is 53.6 Å². The molecule has 2 aromatic rings. The molecular formula is C26H34N4O4. The molecule has 8 heteroatoms. The molecule has 2 atom stereocenters. The highest BCUT2D eigenvalue weighted by Crippen LogP contribution is 2.39. The number of nitrogens with zero attached hydrogens (tertiary/aromatic N) is 1. The number of rotatable bonds is 7. The summed E-state index contributed by atoms with van der Waals surface area (Å²) in [7, 11) is 0. The normalized spacial score (nSPS) is 17.2. The van der Waals surface area contributed by atoms with Crippen LogP contribution in [0.5, 0.6) is 0 Å². The number of benzene rings is 2. The van der Waals surface area contributed by atoms with E-state index in [9.17, 15) is 14.4 Å². The van der Waals surface area contributed by atoms with E-state index in [-0.39, 0.29) is 30.0 Å². The lowest BCUT2D eigenvalue weighted by Crippen LogP contribution is -2.45. The van der Waals surface area contributed by atoms with Crippen LogP contribution in [0.3, 0.4) is 0 Å². The molecule has 0 radical (unpaired) electrons. The molecular weight excluding hydrogens is 432 g/mol. The lowest BCUT2D eigenvalue weighted by Gasteiger charge is -2.39. The molecule has 0 aliphatic carbocycles.